The van der Waals surface area contributed by atoms with Crippen LogP contribution in [0.15, 0.2) is 18.2 Å². The average molecular weight is 238 g/mol. The quantitative estimate of drug-likeness (QED) is 0.612. The van der Waals surface area contributed by atoms with E-state index in [1.807, 2.05) is 6.92 Å². The zero-order chi connectivity index (χ0) is 12.0. The Hall–Kier alpha value is -1.42. The molecule has 0 aliphatic heterocycles. The van der Waals surface area contributed by atoms with Crippen LogP contribution in [0, 0.1) is 0 Å². The summed E-state index contributed by atoms with van der Waals surface area (Å²) in [7, 11) is 0. The summed E-state index contributed by atoms with van der Waals surface area (Å²) in [5.74, 6) is 0.936. The maximum Gasteiger partial charge on any atom is 0.165 e. The van der Waals surface area contributed by atoms with E-state index in [-0.39, 0.29) is 5.75 Å². The minimum atomic E-state index is 0.0467. The van der Waals surface area contributed by atoms with Gasteiger partial charge < -0.3 is 9.84 Å². The number of aldehydes is 1. The fourth-order valence-electron chi connectivity index (χ4n) is 1.29. The van der Waals surface area contributed by atoms with Crippen molar-refractivity contribution in [1.29, 1.82) is 0 Å². The Balaban J connectivity index is 3.19. The van der Waals surface area contributed by atoms with Crippen LogP contribution in [0.1, 0.15) is 22.8 Å². The van der Waals surface area contributed by atoms with Crippen LogP contribution in [0.25, 0.3) is 6.08 Å². The molecule has 0 spiro atoms. The lowest BCUT2D eigenvalue weighted by Gasteiger charge is -2.09. The molecule has 1 rings (SSSR count). The molecule has 16 heavy (non-hydrogen) atoms. The van der Waals surface area contributed by atoms with Crippen LogP contribution >= 0.6 is 12.6 Å². The van der Waals surface area contributed by atoms with E-state index in [1.165, 1.54) is 6.07 Å². The Morgan fingerprint density at radius 2 is 2.25 bits per heavy atom. The lowest BCUT2D eigenvalue weighted by Crippen LogP contribution is -1.94. The monoisotopic (exact) mass is 238 g/mol. The summed E-state index contributed by atoms with van der Waals surface area (Å²) < 4.78 is 5.24. The van der Waals surface area contributed by atoms with Gasteiger partial charge in [0.1, 0.15) is 6.29 Å². The van der Waals surface area contributed by atoms with Crippen LogP contribution in [-0.4, -0.2) is 23.8 Å². The van der Waals surface area contributed by atoms with Gasteiger partial charge in [0, 0.05) is 16.9 Å². The van der Waals surface area contributed by atoms with Crippen molar-refractivity contribution in [2.24, 2.45) is 0 Å². The fraction of sp³-hybridized carbons (Fsp3) is 0.250. The molecule has 0 atom stereocenters. The number of benzene rings is 1. The fourth-order valence-corrected chi connectivity index (χ4v) is 1.40. The molecule has 0 saturated heterocycles. The van der Waals surface area contributed by atoms with Gasteiger partial charge in [-0.1, -0.05) is 12.2 Å². The number of hydrogen-bond acceptors (Lipinski definition) is 4. The van der Waals surface area contributed by atoms with Crippen LogP contribution in [0.4, 0.5) is 0 Å². The third-order valence-corrected chi connectivity index (χ3v) is 2.18. The van der Waals surface area contributed by atoms with Crippen LogP contribution in [0.5, 0.6) is 11.5 Å². The largest absolute Gasteiger partial charge is 0.504 e. The maximum absolute atomic E-state index is 10.7. The third-order valence-electron chi connectivity index (χ3n) is 1.97. The standard InChI is InChI=1S/C12H14O3S/c1-2-15-11-7-9(8-13)6-10(12(11)14)4-3-5-16/h3-4,6-8,14,16H,2,5H2,1H3. The predicted octanol–water partition coefficient (Wildman–Crippen LogP) is 2.55. The second-order valence-corrected chi connectivity index (χ2v) is 3.46. The Bertz CT molecular complexity index is 399. The number of phenols is 1. The number of carbonyl (C=O) groups is 1. The number of aromatic hydroxyl groups is 1. The molecule has 4 heteroatoms. The van der Waals surface area contributed by atoms with Gasteiger partial charge >= 0.3 is 0 Å². The van der Waals surface area contributed by atoms with Gasteiger partial charge in [0.15, 0.2) is 11.5 Å². The smallest absolute Gasteiger partial charge is 0.165 e. The zero-order valence-corrected chi connectivity index (χ0v) is 9.91. The summed E-state index contributed by atoms with van der Waals surface area (Å²) in [6, 6.07) is 3.12. The van der Waals surface area contributed by atoms with Crippen molar-refractivity contribution in [1.82, 2.24) is 0 Å². The van der Waals surface area contributed by atoms with E-state index in [1.54, 1.807) is 18.2 Å². The van der Waals surface area contributed by atoms with Gasteiger partial charge in [0.2, 0.25) is 0 Å². The number of hydrogen-bond donors (Lipinski definition) is 2. The molecule has 0 bridgehead atoms. The topological polar surface area (TPSA) is 46.5 Å². The highest BCUT2D eigenvalue weighted by atomic mass is 32.1. The van der Waals surface area contributed by atoms with E-state index in [0.29, 0.717) is 29.2 Å². The summed E-state index contributed by atoms with van der Waals surface area (Å²) in [5.41, 5.74) is 1.03. The number of carbonyl (C=O) groups excluding carboxylic acids is 1. The molecular weight excluding hydrogens is 224 g/mol. The minimum absolute atomic E-state index is 0.0467. The molecule has 0 aliphatic rings. The lowest BCUT2D eigenvalue weighted by molar-refractivity contribution is 0.112. The zero-order valence-electron chi connectivity index (χ0n) is 9.01. The Labute approximate surface area is 100 Å². The molecule has 0 radical (unpaired) electrons. The molecule has 0 aliphatic carbocycles. The molecule has 1 N–H and O–H groups in total. The number of thiol groups is 1. The van der Waals surface area contributed by atoms with Gasteiger partial charge in [-0.3, -0.25) is 4.79 Å². The van der Waals surface area contributed by atoms with Gasteiger partial charge in [-0.15, -0.1) is 0 Å². The first-order chi connectivity index (χ1) is 7.72. The molecule has 0 aromatic heterocycles. The molecule has 1 aromatic carbocycles. The highest BCUT2D eigenvalue weighted by Gasteiger charge is 2.08. The first-order valence-electron chi connectivity index (χ1n) is 4.95. The molecule has 0 heterocycles. The second kappa shape index (κ2) is 6.23. The van der Waals surface area contributed by atoms with Crippen molar-refractivity contribution in [3.05, 3.63) is 29.3 Å². The van der Waals surface area contributed by atoms with Crippen molar-refractivity contribution in [2.75, 3.05) is 12.4 Å². The van der Waals surface area contributed by atoms with Crippen molar-refractivity contribution in [2.45, 2.75) is 6.92 Å². The van der Waals surface area contributed by atoms with Gasteiger partial charge in [-0.05, 0) is 19.1 Å². The van der Waals surface area contributed by atoms with Crippen LogP contribution < -0.4 is 4.74 Å². The summed E-state index contributed by atoms with van der Waals surface area (Å²) in [6.07, 6.45) is 4.21. The highest BCUT2D eigenvalue weighted by molar-refractivity contribution is 7.80. The summed E-state index contributed by atoms with van der Waals surface area (Å²) >= 11 is 4.03. The van der Waals surface area contributed by atoms with Crippen molar-refractivity contribution in [3.63, 3.8) is 0 Å². The summed E-state index contributed by atoms with van der Waals surface area (Å²) in [4.78, 5) is 10.7. The van der Waals surface area contributed by atoms with Crippen molar-refractivity contribution < 1.29 is 14.6 Å². The molecule has 0 unspecified atom stereocenters. The maximum atomic E-state index is 10.7. The van der Waals surface area contributed by atoms with Gasteiger partial charge in [-0.25, -0.2) is 0 Å². The van der Waals surface area contributed by atoms with Crippen LogP contribution in [0.3, 0.4) is 0 Å². The Kier molecular flexibility index (Phi) is 4.92. The van der Waals surface area contributed by atoms with E-state index in [0.717, 1.165) is 6.29 Å². The van der Waals surface area contributed by atoms with E-state index in [4.69, 9.17) is 4.74 Å². The predicted molar refractivity (Wildman–Crippen MR) is 67.6 cm³/mol. The van der Waals surface area contributed by atoms with Crippen LogP contribution in [-0.2, 0) is 0 Å². The first-order valence-corrected chi connectivity index (χ1v) is 5.58. The highest BCUT2D eigenvalue weighted by Crippen LogP contribution is 2.32. The van der Waals surface area contributed by atoms with E-state index in [9.17, 15) is 9.90 Å². The van der Waals surface area contributed by atoms with Crippen molar-refractivity contribution >= 4 is 25.0 Å². The van der Waals surface area contributed by atoms with Crippen LogP contribution in [0.2, 0.25) is 0 Å². The summed E-state index contributed by atoms with van der Waals surface area (Å²) in [5, 5.41) is 9.85. The molecule has 86 valence electrons. The lowest BCUT2D eigenvalue weighted by atomic mass is 10.1. The molecule has 1 aromatic rings. The molecule has 0 saturated carbocycles. The third kappa shape index (κ3) is 3.03. The number of rotatable bonds is 5. The summed E-state index contributed by atoms with van der Waals surface area (Å²) in [6.45, 7) is 2.25. The first kappa shape index (κ1) is 12.6. The normalized spacial score (nSPS) is 10.6. The molecular formula is C12H14O3S. The van der Waals surface area contributed by atoms with Crippen molar-refractivity contribution in [3.8, 4) is 11.5 Å². The Morgan fingerprint density at radius 1 is 1.50 bits per heavy atom. The molecule has 3 nitrogen and oxygen atoms in total. The SMILES string of the molecule is CCOc1cc(C=O)cc(C=CCS)c1O. The average Bonchev–Trinajstić information content (AvgIpc) is 2.30. The molecule has 0 fully saturated rings. The van der Waals surface area contributed by atoms with E-state index >= 15 is 0 Å². The van der Waals surface area contributed by atoms with Gasteiger partial charge in [-0.2, -0.15) is 12.6 Å². The van der Waals surface area contributed by atoms with Gasteiger partial charge in [0.05, 0.1) is 6.61 Å². The molecule has 0 amide bonds. The van der Waals surface area contributed by atoms with E-state index in [2.05, 4.69) is 12.6 Å². The Morgan fingerprint density at radius 3 is 2.81 bits per heavy atom. The van der Waals surface area contributed by atoms with Gasteiger partial charge in [0.25, 0.3) is 0 Å². The minimum Gasteiger partial charge on any atom is -0.504 e. The van der Waals surface area contributed by atoms with E-state index < -0.39 is 0 Å². The second-order valence-electron chi connectivity index (χ2n) is 3.09. The number of phenolic OH excluding ortho intramolecular Hbond substituents is 1. The number of ether oxygens (including phenoxy) is 1.